The molecule has 0 atom stereocenters. The summed E-state index contributed by atoms with van der Waals surface area (Å²) in [4.78, 5) is 40.4. The van der Waals surface area contributed by atoms with Crippen LogP contribution in [0.5, 0.6) is 0 Å². The van der Waals surface area contributed by atoms with Crippen LogP contribution in [0, 0.1) is 0 Å². The van der Waals surface area contributed by atoms with Crippen molar-refractivity contribution in [3.8, 4) is 0 Å². The summed E-state index contributed by atoms with van der Waals surface area (Å²) in [5.74, 6) is -1.08. The van der Waals surface area contributed by atoms with Gasteiger partial charge in [-0.25, -0.2) is 8.42 Å². The number of benzene rings is 2. The Morgan fingerprint density at radius 1 is 0.909 bits per heavy atom. The highest BCUT2D eigenvalue weighted by atomic mass is 32.2. The number of carbonyl (C=O) groups excluding carboxylic acids is 3. The van der Waals surface area contributed by atoms with Crippen LogP contribution >= 0.6 is 0 Å². The molecule has 0 aromatic heterocycles. The zero-order valence-electron chi connectivity index (χ0n) is 18.4. The zero-order chi connectivity index (χ0) is 23.6. The van der Waals surface area contributed by atoms with E-state index in [1.54, 1.807) is 48.5 Å². The van der Waals surface area contributed by atoms with Crippen molar-refractivity contribution < 1.29 is 22.8 Å². The molecule has 4 rings (SSSR count). The Balaban J connectivity index is 1.28. The quantitative estimate of drug-likeness (QED) is 0.604. The molecule has 2 aliphatic heterocycles. The van der Waals surface area contributed by atoms with Crippen molar-refractivity contribution in [2.75, 3.05) is 39.8 Å². The standard InChI is InChI=1S/C23H26N4O5S/c1-25-12-14-26(15-13-25)33(31,32)18-8-6-17(7-9-18)16-24-21(28)10-11-27-22(29)19-4-2-3-5-20(19)23(27)30/h2-9H,10-16H2,1H3,(H,24,28). The van der Waals surface area contributed by atoms with Crippen LogP contribution in [0.3, 0.4) is 0 Å². The van der Waals surface area contributed by atoms with Gasteiger partial charge in [-0.2, -0.15) is 4.31 Å². The van der Waals surface area contributed by atoms with Crippen LogP contribution in [0.25, 0.3) is 0 Å². The maximum atomic E-state index is 12.8. The zero-order valence-corrected chi connectivity index (χ0v) is 19.2. The Bertz CT molecular complexity index is 1140. The second-order valence-corrected chi connectivity index (χ2v) is 10.1. The molecule has 0 bridgehead atoms. The molecule has 0 radical (unpaired) electrons. The van der Waals surface area contributed by atoms with Crippen LogP contribution in [0.1, 0.15) is 32.7 Å². The fourth-order valence-electron chi connectivity index (χ4n) is 3.90. The first kappa shape index (κ1) is 23.1. The number of nitrogens with zero attached hydrogens (tertiary/aromatic N) is 3. The van der Waals surface area contributed by atoms with E-state index in [1.807, 2.05) is 7.05 Å². The first-order valence-corrected chi connectivity index (χ1v) is 12.2. The molecule has 2 aliphatic rings. The van der Waals surface area contributed by atoms with Gasteiger partial charge in [0.1, 0.15) is 0 Å². The van der Waals surface area contributed by atoms with E-state index in [-0.39, 0.29) is 42.1 Å². The second-order valence-electron chi connectivity index (χ2n) is 8.19. The highest BCUT2D eigenvalue weighted by Crippen LogP contribution is 2.22. The summed E-state index contributed by atoms with van der Waals surface area (Å²) in [6.45, 7) is 2.54. The van der Waals surface area contributed by atoms with E-state index < -0.39 is 10.0 Å². The van der Waals surface area contributed by atoms with Crippen molar-refractivity contribution >= 4 is 27.7 Å². The van der Waals surface area contributed by atoms with Gasteiger partial charge < -0.3 is 10.2 Å². The van der Waals surface area contributed by atoms with E-state index in [0.717, 1.165) is 10.5 Å². The number of likely N-dealkylation sites (N-methyl/N-ethyl adjacent to an activating group) is 1. The van der Waals surface area contributed by atoms with Crippen LogP contribution in [-0.2, 0) is 21.4 Å². The predicted octanol–water partition coefficient (Wildman–Crippen LogP) is 0.925. The normalized spacial score (nSPS) is 17.3. The van der Waals surface area contributed by atoms with Gasteiger partial charge in [0.05, 0.1) is 16.0 Å². The van der Waals surface area contributed by atoms with E-state index in [1.165, 1.54) is 4.31 Å². The first-order valence-electron chi connectivity index (χ1n) is 10.8. The third kappa shape index (κ3) is 4.82. The van der Waals surface area contributed by atoms with Gasteiger partial charge in [-0.1, -0.05) is 24.3 Å². The molecule has 2 aromatic carbocycles. The van der Waals surface area contributed by atoms with Gasteiger partial charge in [-0.05, 0) is 36.9 Å². The molecular weight excluding hydrogens is 444 g/mol. The lowest BCUT2D eigenvalue weighted by Crippen LogP contribution is -2.47. The van der Waals surface area contributed by atoms with E-state index >= 15 is 0 Å². The smallest absolute Gasteiger partial charge is 0.261 e. The topological polar surface area (TPSA) is 107 Å². The molecule has 10 heteroatoms. The minimum atomic E-state index is -3.53. The number of sulfonamides is 1. The largest absolute Gasteiger partial charge is 0.352 e. The van der Waals surface area contributed by atoms with Gasteiger partial charge in [0.15, 0.2) is 0 Å². The molecule has 174 valence electrons. The summed E-state index contributed by atoms with van der Waals surface area (Å²) in [6.07, 6.45) is -0.0126. The van der Waals surface area contributed by atoms with Crippen LogP contribution in [0.15, 0.2) is 53.4 Å². The van der Waals surface area contributed by atoms with Crippen LogP contribution in [0.2, 0.25) is 0 Å². The monoisotopic (exact) mass is 470 g/mol. The third-order valence-corrected chi connectivity index (χ3v) is 7.87. The number of carbonyl (C=O) groups is 3. The number of imide groups is 1. The molecule has 0 saturated carbocycles. The number of nitrogens with one attached hydrogen (secondary N) is 1. The average Bonchev–Trinajstić information content (AvgIpc) is 3.06. The minimum Gasteiger partial charge on any atom is -0.352 e. The SMILES string of the molecule is CN1CCN(S(=O)(=O)c2ccc(CNC(=O)CCN3C(=O)c4ccccc4C3=O)cc2)CC1. The molecule has 3 amide bonds. The van der Waals surface area contributed by atoms with Crippen molar-refractivity contribution in [1.29, 1.82) is 0 Å². The van der Waals surface area contributed by atoms with E-state index in [4.69, 9.17) is 0 Å². The van der Waals surface area contributed by atoms with Crippen LogP contribution in [0.4, 0.5) is 0 Å². The fourth-order valence-corrected chi connectivity index (χ4v) is 5.32. The fraction of sp³-hybridized carbons (Fsp3) is 0.348. The molecule has 0 spiro atoms. The molecule has 9 nitrogen and oxygen atoms in total. The van der Waals surface area contributed by atoms with Crippen LogP contribution < -0.4 is 5.32 Å². The predicted molar refractivity (Wildman–Crippen MR) is 121 cm³/mol. The lowest BCUT2D eigenvalue weighted by Gasteiger charge is -2.31. The van der Waals surface area contributed by atoms with Crippen molar-refractivity contribution in [3.05, 3.63) is 65.2 Å². The number of piperazine rings is 1. The Hall–Kier alpha value is -3.08. The molecule has 1 fully saturated rings. The lowest BCUT2D eigenvalue weighted by atomic mass is 10.1. The molecule has 2 heterocycles. The maximum Gasteiger partial charge on any atom is 0.261 e. The summed E-state index contributed by atoms with van der Waals surface area (Å²) < 4.78 is 27.1. The first-order chi connectivity index (χ1) is 15.8. The summed E-state index contributed by atoms with van der Waals surface area (Å²) in [6, 6.07) is 13.0. The van der Waals surface area contributed by atoms with E-state index in [2.05, 4.69) is 10.2 Å². The van der Waals surface area contributed by atoms with Crippen molar-refractivity contribution in [3.63, 3.8) is 0 Å². The van der Waals surface area contributed by atoms with Gasteiger partial charge in [0, 0.05) is 45.7 Å². The summed E-state index contributed by atoms with van der Waals surface area (Å²) in [7, 11) is -1.57. The Morgan fingerprint density at radius 2 is 1.48 bits per heavy atom. The van der Waals surface area contributed by atoms with Gasteiger partial charge in [0.2, 0.25) is 15.9 Å². The van der Waals surface area contributed by atoms with Gasteiger partial charge in [-0.15, -0.1) is 0 Å². The number of hydrogen-bond donors (Lipinski definition) is 1. The van der Waals surface area contributed by atoms with Crippen molar-refractivity contribution in [2.45, 2.75) is 17.9 Å². The number of fused-ring (bicyclic) bond motifs is 1. The lowest BCUT2D eigenvalue weighted by molar-refractivity contribution is -0.121. The highest BCUT2D eigenvalue weighted by molar-refractivity contribution is 7.89. The number of rotatable bonds is 7. The molecule has 1 N–H and O–H groups in total. The van der Waals surface area contributed by atoms with E-state index in [9.17, 15) is 22.8 Å². The molecule has 2 aromatic rings. The van der Waals surface area contributed by atoms with Gasteiger partial charge >= 0.3 is 0 Å². The third-order valence-electron chi connectivity index (χ3n) is 5.95. The Kier molecular flexibility index (Phi) is 6.59. The van der Waals surface area contributed by atoms with E-state index in [0.29, 0.717) is 37.3 Å². The maximum absolute atomic E-state index is 12.8. The molecule has 0 aliphatic carbocycles. The molecule has 0 unspecified atom stereocenters. The second kappa shape index (κ2) is 9.42. The minimum absolute atomic E-state index is 0.000382. The average molecular weight is 471 g/mol. The summed E-state index contributed by atoms with van der Waals surface area (Å²) >= 11 is 0. The number of hydrogen-bond acceptors (Lipinski definition) is 6. The van der Waals surface area contributed by atoms with Gasteiger partial charge in [-0.3, -0.25) is 19.3 Å². The Morgan fingerprint density at radius 3 is 2.06 bits per heavy atom. The van der Waals surface area contributed by atoms with Crippen molar-refractivity contribution in [1.82, 2.24) is 19.4 Å². The molecule has 33 heavy (non-hydrogen) atoms. The van der Waals surface area contributed by atoms with Crippen LogP contribution in [-0.4, -0.2) is 80.0 Å². The van der Waals surface area contributed by atoms with Crippen molar-refractivity contribution in [2.24, 2.45) is 0 Å². The van der Waals surface area contributed by atoms with Gasteiger partial charge in [0.25, 0.3) is 11.8 Å². The number of amides is 3. The summed E-state index contributed by atoms with van der Waals surface area (Å²) in [5, 5.41) is 2.75. The Labute approximate surface area is 193 Å². The summed E-state index contributed by atoms with van der Waals surface area (Å²) in [5.41, 5.74) is 1.46. The molecular formula is C23H26N4O5S. The molecule has 1 saturated heterocycles. The highest BCUT2D eigenvalue weighted by Gasteiger charge is 2.35.